The van der Waals surface area contributed by atoms with Crippen LogP contribution in [0.5, 0.6) is 0 Å². The quantitative estimate of drug-likeness (QED) is 0.806. The second-order valence-corrected chi connectivity index (χ2v) is 4.63. The Morgan fingerprint density at radius 1 is 1.14 bits per heavy atom. The first-order chi connectivity index (χ1) is 10.0. The van der Waals surface area contributed by atoms with E-state index in [4.69, 9.17) is 5.11 Å². The van der Waals surface area contributed by atoms with Crippen molar-refractivity contribution >= 4 is 17.0 Å². The van der Waals surface area contributed by atoms with Crippen molar-refractivity contribution in [2.75, 3.05) is 0 Å². The van der Waals surface area contributed by atoms with Crippen LogP contribution in [0.15, 0.2) is 42.7 Å². The third-order valence-corrected chi connectivity index (χ3v) is 3.22. The molecule has 0 atom stereocenters. The maximum Gasteiger partial charge on any atom is 0.335 e. The van der Waals surface area contributed by atoms with E-state index in [1.54, 1.807) is 16.7 Å². The van der Waals surface area contributed by atoms with E-state index in [-0.39, 0.29) is 5.56 Å². The van der Waals surface area contributed by atoms with Gasteiger partial charge >= 0.3 is 5.97 Å². The smallest absolute Gasteiger partial charge is 0.335 e. The zero-order valence-electron chi connectivity index (χ0n) is 10.8. The lowest BCUT2D eigenvalue weighted by molar-refractivity contribution is 0.0697. The number of aromatic carboxylic acids is 1. The SMILES string of the molecule is O=C(O)c1ccc(Cn2cnc3cc(F)c(F)cc32)cc1. The molecule has 0 saturated carbocycles. The molecule has 0 aliphatic heterocycles. The Balaban J connectivity index is 1.94. The van der Waals surface area contributed by atoms with Gasteiger partial charge in [-0.05, 0) is 17.7 Å². The van der Waals surface area contributed by atoms with E-state index in [0.29, 0.717) is 17.6 Å². The molecule has 0 fully saturated rings. The number of hydrogen-bond donors (Lipinski definition) is 1. The maximum atomic E-state index is 13.3. The van der Waals surface area contributed by atoms with E-state index in [9.17, 15) is 13.6 Å². The number of aromatic nitrogens is 2. The number of nitrogens with zero attached hydrogens (tertiary/aromatic N) is 2. The second kappa shape index (κ2) is 4.97. The van der Waals surface area contributed by atoms with Crippen molar-refractivity contribution in [2.24, 2.45) is 0 Å². The van der Waals surface area contributed by atoms with Crippen molar-refractivity contribution in [3.63, 3.8) is 0 Å². The highest BCUT2D eigenvalue weighted by Gasteiger charge is 2.09. The van der Waals surface area contributed by atoms with Crippen molar-refractivity contribution in [3.05, 3.63) is 65.5 Å². The molecule has 0 bridgehead atoms. The number of hydrogen-bond acceptors (Lipinski definition) is 2. The van der Waals surface area contributed by atoms with Gasteiger partial charge < -0.3 is 9.67 Å². The van der Waals surface area contributed by atoms with Gasteiger partial charge in [0, 0.05) is 18.7 Å². The second-order valence-electron chi connectivity index (χ2n) is 4.63. The third kappa shape index (κ3) is 2.47. The number of fused-ring (bicyclic) bond motifs is 1. The zero-order chi connectivity index (χ0) is 15.0. The average Bonchev–Trinajstić information content (AvgIpc) is 2.82. The Labute approximate surface area is 118 Å². The minimum Gasteiger partial charge on any atom is -0.478 e. The number of benzene rings is 2. The number of halogens is 2. The van der Waals surface area contributed by atoms with Crippen LogP contribution in [-0.2, 0) is 6.54 Å². The summed E-state index contributed by atoms with van der Waals surface area (Å²) in [6.07, 6.45) is 1.49. The minimum atomic E-state index is -0.993. The first kappa shape index (κ1) is 13.2. The summed E-state index contributed by atoms with van der Waals surface area (Å²) in [5.74, 6) is -2.85. The van der Waals surface area contributed by atoms with Gasteiger partial charge in [-0.1, -0.05) is 12.1 Å². The van der Waals surface area contributed by atoms with Crippen LogP contribution >= 0.6 is 0 Å². The number of rotatable bonds is 3. The molecule has 0 aliphatic carbocycles. The van der Waals surface area contributed by atoms with E-state index in [2.05, 4.69) is 4.98 Å². The zero-order valence-corrected chi connectivity index (χ0v) is 10.8. The van der Waals surface area contributed by atoms with Crippen molar-refractivity contribution in [1.82, 2.24) is 9.55 Å². The van der Waals surface area contributed by atoms with Gasteiger partial charge in [-0.2, -0.15) is 0 Å². The van der Waals surface area contributed by atoms with Gasteiger partial charge in [-0.15, -0.1) is 0 Å². The average molecular weight is 288 g/mol. The molecule has 3 aromatic rings. The van der Waals surface area contributed by atoms with Gasteiger partial charge in [0.1, 0.15) is 0 Å². The van der Waals surface area contributed by atoms with Gasteiger partial charge in [0.05, 0.1) is 22.9 Å². The van der Waals surface area contributed by atoms with Crippen molar-refractivity contribution in [3.8, 4) is 0 Å². The molecule has 21 heavy (non-hydrogen) atoms. The number of imidazole rings is 1. The molecule has 0 amide bonds. The molecule has 6 heteroatoms. The molecule has 2 aromatic carbocycles. The summed E-state index contributed by atoms with van der Waals surface area (Å²) in [5.41, 5.74) is 1.89. The molecule has 1 heterocycles. The van der Waals surface area contributed by atoms with E-state index < -0.39 is 17.6 Å². The summed E-state index contributed by atoms with van der Waals surface area (Å²) in [6.45, 7) is 0.390. The first-order valence-corrected chi connectivity index (χ1v) is 6.17. The molecule has 106 valence electrons. The number of carbonyl (C=O) groups is 1. The molecule has 4 nitrogen and oxygen atoms in total. The summed E-state index contributed by atoms with van der Waals surface area (Å²) in [7, 11) is 0. The molecule has 0 unspecified atom stereocenters. The van der Waals surface area contributed by atoms with Gasteiger partial charge in [-0.3, -0.25) is 0 Å². The molecule has 0 radical (unpaired) electrons. The topological polar surface area (TPSA) is 55.1 Å². The fourth-order valence-corrected chi connectivity index (χ4v) is 2.13. The predicted molar refractivity (Wildman–Crippen MR) is 72.2 cm³/mol. The van der Waals surface area contributed by atoms with Crippen LogP contribution in [0.1, 0.15) is 15.9 Å². The van der Waals surface area contributed by atoms with Gasteiger partial charge in [-0.25, -0.2) is 18.6 Å². The van der Waals surface area contributed by atoms with Crippen molar-refractivity contribution < 1.29 is 18.7 Å². The highest BCUT2D eigenvalue weighted by Crippen LogP contribution is 2.18. The summed E-state index contributed by atoms with van der Waals surface area (Å²) in [4.78, 5) is 14.8. The Morgan fingerprint density at radius 3 is 2.48 bits per heavy atom. The van der Waals surface area contributed by atoms with Crippen LogP contribution in [0, 0.1) is 11.6 Å². The fourth-order valence-electron chi connectivity index (χ4n) is 2.13. The standard InChI is InChI=1S/C15H10F2N2O2/c16-11-5-13-14(6-12(11)17)19(8-18-13)7-9-1-3-10(4-2-9)15(20)21/h1-6,8H,7H2,(H,20,21). The van der Waals surface area contributed by atoms with E-state index in [1.807, 2.05) is 0 Å². The van der Waals surface area contributed by atoms with Crippen LogP contribution in [0.2, 0.25) is 0 Å². The van der Waals surface area contributed by atoms with Crippen LogP contribution in [0.4, 0.5) is 8.78 Å². The minimum absolute atomic E-state index is 0.197. The molecule has 1 aromatic heterocycles. The monoisotopic (exact) mass is 288 g/mol. The third-order valence-electron chi connectivity index (χ3n) is 3.22. The highest BCUT2D eigenvalue weighted by atomic mass is 19.2. The predicted octanol–water partition coefficient (Wildman–Crippen LogP) is 3.06. The summed E-state index contributed by atoms with van der Waals surface area (Å²) < 4.78 is 28.1. The summed E-state index contributed by atoms with van der Waals surface area (Å²) >= 11 is 0. The van der Waals surface area contributed by atoms with Crippen molar-refractivity contribution in [1.29, 1.82) is 0 Å². The van der Waals surface area contributed by atoms with E-state index in [1.165, 1.54) is 18.5 Å². The number of carboxylic acids is 1. The molecular weight excluding hydrogens is 278 g/mol. The maximum absolute atomic E-state index is 13.3. The van der Waals surface area contributed by atoms with Gasteiger partial charge in [0.25, 0.3) is 0 Å². The molecule has 1 N–H and O–H groups in total. The molecule has 3 rings (SSSR count). The highest BCUT2D eigenvalue weighted by molar-refractivity contribution is 5.87. The Morgan fingerprint density at radius 2 is 1.81 bits per heavy atom. The lowest BCUT2D eigenvalue weighted by Gasteiger charge is -2.05. The summed E-state index contributed by atoms with van der Waals surface area (Å²) in [6, 6.07) is 8.50. The van der Waals surface area contributed by atoms with Gasteiger partial charge in [0.15, 0.2) is 11.6 Å². The van der Waals surface area contributed by atoms with Crippen LogP contribution in [0.25, 0.3) is 11.0 Å². The van der Waals surface area contributed by atoms with Crippen LogP contribution in [0.3, 0.4) is 0 Å². The molecule has 0 saturated heterocycles. The normalized spacial score (nSPS) is 11.0. The van der Waals surface area contributed by atoms with Crippen molar-refractivity contribution in [2.45, 2.75) is 6.54 Å². The largest absolute Gasteiger partial charge is 0.478 e. The van der Waals surface area contributed by atoms with Crippen LogP contribution < -0.4 is 0 Å². The van der Waals surface area contributed by atoms with E-state index in [0.717, 1.165) is 17.7 Å². The Kier molecular flexibility index (Phi) is 3.13. The lowest BCUT2D eigenvalue weighted by atomic mass is 10.1. The summed E-state index contributed by atoms with van der Waals surface area (Å²) in [5, 5.41) is 8.84. The Bertz CT molecular complexity index is 826. The first-order valence-electron chi connectivity index (χ1n) is 6.17. The molecule has 0 spiro atoms. The Hall–Kier alpha value is -2.76. The van der Waals surface area contributed by atoms with Gasteiger partial charge in [0.2, 0.25) is 0 Å². The number of carboxylic acid groups (broad SMARTS) is 1. The fraction of sp³-hybridized carbons (Fsp3) is 0.0667. The molecular formula is C15H10F2N2O2. The molecule has 0 aliphatic rings. The van der Waals surface area contributed by atoms with E-state index >= 15 is 0 Å². The van der Waals surface area contributed by atoms with Crippen LogP contribution in [-0.4, -0.2) is 20.6 Å². The lowest BCUT2D eigenvalue weighted by Crippen LogP contribution is -2.00.